The molecule has 1 aliphatic rings. The van der Waals surface area contributed by atoms with Crippen LogP contribution in [0.1, 0.15) is 33.3 Å². The molecule has 6 heteroatoms. The van der Waals surface area contributed by atoms with Gasteiger partial charge in [-0.3, -0.25) is 4.79 Å². The van der Waals surface area contributed by atoms with Crippen molar-refractivity contribution < 1.29 is 14.0 Å². The summed E-state index contributed by atoms with van der Waals surface area (Å²) < 4.78 is 17.0. The third-order valence-corrected chi connectivity index (χ3v) is 3.87. The Hall–Kier alpha value is -1.11. The zero-order valence-electron chi connectivity index (χ0n) is 12.1. The minimum atomic E-state index is -0.580. The largest absolute Gasteiger partial charge is 0.512 e. The number of rotatable bonds is 3. The van der Waals surface area contributed by atoms with Crippen molar-refractivity contribution in [1.82, 2.24) is 4.98 Å². The summed E-state index contributed by atoms with van der Waals surface area (Å²) in [5.41, 5.74) is 0.227. The van der Waals surface area contributed by atoms with Gasteiger partial charge in [-0.15, -0.1) is 0 Å². The van der Waals surface area contributed by atoms with Gasteiger partial charge in [0.05, 0.1) is 23.4 Å². The van der Waals surface area contributed by atoms with Crippen LogP contribution in [0.5, 0.6) is 0 Å². The summed E-state index contributed by atoms with van der Waals surface area (Å²) >= 11 is 0. The van der Waals surface area contributed by atoms with Crippen LogP contribution in [0.15, 0.2) is 17.1 Å². The van der Waals surface area contributed by atoms with Crippen molar-refractivity contribution in [2.45, 2.75) is 45.5 Å². The highest BCUT2D eigenvalue weighted by atomic mass is 16.7. The Kier molecular flexibility index (Phi) is 3.60. The molecular weight excluding hydrogens is 245 g/mol. The Morgan fingerprint density at radius 2 is 1.84 bits per heavy atom. The van der Waals surface area contributed by atoms with Crippen LogP contribution in [-0.2, 0) is 20.7 Å². The maximum absolute atomic E-state index is 11.9. The van der Waals surface area contributed by atoms with E-state index in [-0.39, 0.29) is 12.0 Å². The first-order valence-corrected chi connectivity index (χ1v) is 6.33. The second-order valence-corrected chi connectivity index (χ2v) is 5.76. The van der Waals surface area contributed by atoms with Crippen LogP contribution in [0.3, 0.4) is 0 Å². The number of methoxy groups -OCH3 is 1. The lowest BCUT2D eigenvalue weighted by molar-refractivity contribution is 0.00578. The molecule has 0 aromatic carbocycles. The molecule has 0 amide bonds. The van der Waals surface area contributed by atoms with Gasteiger partial charge in [0.2, 0.25) is 0 Å². The topological polar surface area (TPSA) is 60.6 Å². The second-order valence-electron chi connectivity index (χ2n) is 5.76. The maximum Gasteiger partial charge on any atom is 0.512 e. The van der Waals surface area contributed by atoms with Crippen LogP contribution in [0, 0.1) is 0 Å². The molecule has 1 aromatic rings. The number of nitrogens with one attached hydrogen (secondary N) is 1. The summed E-state index contributed by atoms with van der Waals surface area (Å²) in [6, 6.07) is 1.48. The van der Waals surface area contributed by atoms with E-state index in [1.165, 1.54) is 6.07 Å². The zero-order valence-corrected chi connectivity index (χ0v) is 12.1. The Morgan fingerprint density at radius 1 is 1.26 bits per heavy atom. The van der Waals surface area contributed by atoms with E-state index < -0.39 is 18.3 Å². The number of pyridine rings is 1. The average Bonchev–Trinajstić information content (AvgIpc) is 2.51. The molecule has 19 heavy (non-hydrogen) atoms. The molecule has 0 radical (unpaired) electrons. The molecule has 0 spiro atoms. The summed E-state index contributed by atoms with van der Waals surface area (Å²) in [6.07, 6.45) is 1.60. The third kappa shape index (κ3) is 2.48. The van der Waals surface area contributed by atoms with Crippen LogP contribution < -0.4 is 11.0 Å². The van der Waals surface area contributed by atoms with Gasteiger partial charge in [-0.2, -0.15) is 0 Å². The minimum Gasteiger partial charge on any atom is -0.398 e. The van der Waals surface area contributed by atoms with Crippen molar-refractivity contribution in [2.24, 2.45) is 0 Å². The molecule has 1 N–H and O–H groups in total. The van der Waals surface area contributed by atoms with Crippen molar-refractivity contribution >= 4 is 12.7 Å². The van der Waals surface area contributed by atoms with E-state index in [0.717, 1.165) is 0 Å². The Bertz CT molecular complexity index is 508. The fourth-order valence-electron chi connectivity index (χ4n) is 1.99. The van der Waals surface area contributed by atoms with E-state index in [4.69, 9.17) is 14.0 Å². The average molecular weight is 265 g/mol. The molecule has 1 aromatic heterocycles. The van der Waals surface area contributed by atoms with Crippen molar-refractivity contribution in [3.05, 3.63) is 28.0 Å². The molecule has 1 saturated heterocycles. The van der Waals surface area contributed by atoms with Crippen LogP contribution >= 0.6 is 0 Å². The number of H-pyrrole nitrogens is 1. The van der Waals surface area contributed by atoms with Gasteiger partial charge >= 0.3 is 7.12 Å². The molecule has 5 nitrogen and oxygen atoms in total. The summed E-state index contributed by atoms with van der Waals surface area (Å²) in [7, 11) is 0.976. The van der Waals surface area contributed by atoms with Crippen LogP contribution in [0.4, 0.5) is 0 Å². The van der Waals surface area contributed by atoms with Crippen molar-refractivity contribution in [2.75, 3.05) is 7.11 Å². The van der Waals surface area contributed by atoms with Gasteiger partial charge < -0.3 is 19.0 Å². The molecule has 0 atom stereocenters. The van der Waals surface area contributed by atoms with Crippen molar-refractivity contribution in [3.8, 4) is 0 Å². The standard InChI is InChI=1S/C13H20BNO4/c1-12(2)13(3,4)19-14(18-12)11-9(8-17-5)10(16)6-7-15-11/h6-7H,8H2,1-5H3,(H,15,16). The highest BCUT2D eigenvalue weighted by Crippen LogP contribution is 2.36. The van der Waals surface area contributed by atoms with Gasteiger partial charge in [-0.05, 0) is 27.7 Å². The SMILES string of the molecule is COCc1c(B2OC(C)(C)C(C)(C)O2)[nH]ccc1=O. The molecule has 1 aliphatic heterocycles. The fourth-order valence-corrected chi connectivity index (χ4v) is 1.99. The molecular formula is C13H20BNO4. The normalized spacial score (nSPS) is 20.8. The first kappa shape index (κ1) is 14.3. The van der Waals surface area contributed by atoms with Gasteiger partial charge in [0.1, 0.15) is 0 Å². The predicted molar refractivity (Wildman–Crippen MR) is 73.5 cm³/mol. The van der Waals surface area contributed by atoms with E-state index in [9.17, 15) is 4.79 Å². The first-order chi connectivity index (χ1) is 8.78. The highest BCUT2D eigenvalue weighted by molar-refractivity contribution is 6.61. The highest BCUT2D eigenvalue weighted by Gasteiger charge is 2.52. The quantitative estimate of drug-likeness (QED) is 0.822. The van der Waals surface area contributed by atoms with Gasteiger partial charge in [0, 0.05) is 24.9 Å². The lowest BCUT2D eigenvalue weighted by Gasteiger charge is -2.32. The maximum atomic E-state index is 11.9. The van der Waals surface area contributed by atoms with E-state index in [1.54, 1.807) is 13.3 Å². The number of hydrogen-bond acceptors (Lipinski definition) is 4. The summed E-state index contributed by atoms with van der Waals surface area (Å²) in [5.74, 6) is 0. The molecule has 1 fully saturated rings. The third-order valence-electron chi connectivity index (χ3n) is 3.87. The minimum absolute atomic E-state index is 0.0784. The Balaban J connectivity index is 2.40. The van der Waals surface area contributed by atoms with E-state index >= 15 is 0 Å². The summed E-state index contributed by atoms with van der Waals surface area (Å²) in [4.78, 5) is 14.9. The second kappa shape index (κ2) is 4.78. The molecule has 0 unspecified atom stereocenters. The molecule has 2 rings (SSSR count). The van der Waals surface area contributed by atoms with Gasteiger partial charge in [0.25, 0.3) is 0 Å². The predicted octanol–water partition coefficient (Wildman–Crippen LogP) is 0.820. The number of hydrogen-bond donors (Lipinski definition) is 1. The first-order valence-electron chi connectivity index (χ1n) is 6.33. The monoisotopic (exact) mass is 265 g/mol. The van der Waals surface area contributed by atoms with E-state index in [0.29, 0.717) is 11.2 Å². The van der Waals surface area contributed by atoms with E-state index in [2.05, 4.69) is 4.98 Å². The molecule has 0 aliphatic carbocycles. The van der Waals surface area contributed by atoms with Gasteiger partial charge in [-0.1, -0.05) is 0 Å². The van der Waals surface area contributed by atoms with Gasteiger partial charge in [-0.25, -0.2) is 0 Å². The zero-order chi connectivity index (χ0) is 14.3. The Morgan fingerprint density at radius 3 is 2.37 bits per heavy atom. The molecule has 104 valence electrons. The summed E-state index contributed by atoms with van der Waals surface area (Å²) in [5, 5.41) is 0. The van der Waals surface area contributed by atoms with Crippen LogP contribution in [0.2, 0.25) is 0 Å². The molecule has 2 heterocycles. The van der Waals surface area contributed by atoms with Crippen LogP contribution in [-0.4, -0.2) is 30.4 Å². The van der Waals surface area contributed by atoms with Crippen molar-refractivity contribution in [3.63, 3.8) is 0 Å². The lowest BCUT2D eigenvalue weighted by Crippen LogP contribution is -2.42. The number of ether oxygens (including phenoxy) is 1. The smallest absolute Gasteiger partial charge is 0.398 e. The molecule has 0 saturated carbocycles. The number of aromatic amines is 1. The van der Waals surface area contributed by atoms with Gasteiger partial charge in [0.15, 0.2) is 5.43 Å². The van der Waals surface area contributed by atoms with Crippen molar-refractivity contribution in [1.29, 1.82) is 0 Å². The number of aromatic nitrogens is 1. The lowest BCUT2D eigenvalue weighted by atomic mass is 9.81. The fraction of sp³-hybridized carbons (Fsp3) is 0.615. The molecule has 0 bridgehead atoms. The van der Waals surface area contributed by atoms with E-state index in [1.807, 2.05) is 27.7 Å². The summed E-state index contributed by atoms with van der Waals surface area (Å²) in [6.45, 7) is 8.14. The van der Waals surface area contributed by atoms with Crippen LogP contribution in [0.25, 0.3) is 0 Å². The Labute approximate surface area is 113 Å².